The van der Waals surface area contributed by atoms with E-state index in [0.717, 1.165) is 25.9 Å². The molecular formula is C13H17Cl2FN2O. The highest BCUT2D eigenvalue weighted by Gasteiger charge is 2.17. The van der Waals surface area contributed by atoms with Gasteiger partial charge in [-0.25, -0.2) is 4.39 Å². The van der Waals surface area contributed by atoms with Gasteiger partial charge in [0.2, 0.25) is 5.91 Å². The molecule has 1 fully saturated rings. The van der Waals surface area contributed by atoms with Crippen LogP contribution in [0, 0.1) is 5.82 Å². The Labute approximate surface area is 123 Å². The second-order valence-electron chi connectivity index (χ2n) is 4.47. The van der Waals surface area contributed by atoms with Crippen molar-refractivity contribution in [1.82, 2.24) is 10.6 Å². The van der Waals surface area contributed by atoms with E-state index in [1.54, 1.807) is 6.07 Å². The predicted octanol–water partition coefficient (Wildman–Crippen LogP) is 2.31. The first kappa shape index (κ1) is 16.2. The molecule has 1 aliphatic rings. The molecule has 1 aliphatic heterocycles. The first-order chi connectivity index (χ1) is 8.66. The van der Waals surface area contributed by atoms with Gasteiger partial charge in [-0.1, -0.05) is 17.7 Å². The lowest BCUT2D eigenvalue weighted by atomic mass is 10.1. The minimum atomic E-state index is -0.428. The number of halogens is 3. The summed E-state index contributed by atoms with van der Waals surface area (Å²) in [5, 5.41) is 6.44. The standard InChI is InChI=1S/C13H16ClFN2O.ClH/c14-11-2-1-3-12(15)10(11)8-13(18)17-9-4-6-16-7-5-9;/h1-3,9,16H,4-8H2,(H,17,18);1H. The number of hydrogen-bond acceptors (Lipinski definition) is 2. The SMILES string of the molecule is Cl.O=C(Cc1c(F)cccc1Cl)NC1CCNCC1. The lowest BCUT2D eigenvalue weighted by molar-refractivity contribution is -0.121. The summed E-state index contributed by atoms with van der Waals surface area (Å²) in [6, 6.07) is 4.63. The van der Waals surface area contributed by atoms with Crippen molar-refractivity contribution in [3.63, 3.8) is 0 Å². The summed E-state index contributed by atoms with van der Waals surface area (Å²) in [5.74, 6) is -0.600. The molecule has 0 bridgehead atoms. The van der Waals surface area contributed by atoms with Crippen molar-refractivity contribution in [2.45, 2.75) is 25.3 Å². The minimum Gasteiger partial charge on any atom is -0.353 e. The molecule has 1 aromatic rings. The fourth-order valence-electron chi connectivity index (χ4n) is 2.11. The maximum Gasteiger partial charge on any atom is 0.224 e. The lowest BCUT2D eigenvalue weighted by Crippen LogP contribution is -2.43. The third-order valence-corrected chi connectivity index (χ3v) is 3.46. The summed E-state index contributed by atoms with van der Waals surface area (Å²) in [5.41, 5.74) is 0.269. The molecule has 0 radical (unpaired) electrons. The maximum atomic E-state index is 13.5. The summed E-state index contributed by atoms with van der Waals surface area (Å²) in [6.07, 6.45) is 1.82. The van der Waals surface area contributed by atoms with E-state index in [2.05, 4.69) is 10.6 Å². The van der Waals surface area contributed by atoms with E-state index in [-0.39, 0.29) is 36.3 Å². The molecular weight excluding hydrogens is 290 g/mol. The van der Waals surface area contributed by atoms with Crippen molar-refractivity contribution in [2.75, 3.05) is 13.1 Å². The molecule has 1 aromatic carbocycles. The Balaban J connectivity index is 0.00000180. The molecule has 106 valence electrons. The topological polar surface area (TPSA) is 41.1 Å². The van der Waals surface area contributed by atoms with Crippen molar-refractivity contribution in [1.29, 1.82) is 0 Å². The van der Waals surface area contributed by atoms with E-state index in [1.165, 1.54) is 12.1 Å². The first-order valence-electron chi connectivity index (χ1n) is 6.10. The number of hydrogen-bond donors (Lipinski definition) is 2. The molecule has 19 heavy (non-hydrogen) atoms. The Morgan fingerprint density at radius 2 is 2.11 bits per heavy atom. The van der Waals surface area contributed by atoms with Crippen LogP contribution in [0.4, 0.5) is 4.39 Å². The van der Waals surface area contributed by atoms with Gasteiger partial charge in [-0.05, 0) is 38.1 Å². The van der Waals surface area contributed by atoms with Gasteiger partial charge in [-0.15, -0.1) is 12.4 Å². The number of benzene rings is 1. The number of carbonyl (C=O) groups is 1. The zero-order valence-corrected chi connectivity index (χ0v) is 12.0. The molecule has 0 atom stereocenters. The summed E-state index contributed by atoms with van der Waals surface area (Å²) < 4.78 is 13.5. The van der Waals surface area contributed by atoms with Crippen molar-refractivity contribution in [3.05, 3.63) is 34.6 Å². The molecule has 0 saturated carbocycles. The molecule has 0 unspecified atom stereocenters. The lowest BCUT2D eigenvalue weighted by Gasteiger charge is -2.23. The Bertz CT molecular complexity index is 416. The maximum absolute atomic E-state index is 13.5. The van der Waals surface area contributed by atoms with Crippen LogP contribution in [-0.2, 0) is 11.2 Å². The van der Waals surface area contributed by atoms with E-state index in [0.29, 0.717) is 5.02 Å². The molecule has 1 saturated heterocycles. The van der Waals surface area contributed by atoms with Gasteiger partial charge in [0, 0.05) is 16.6 Å². The summed E-state index contributed by atoms with van der Waals surface area (Å²) >= 11 is 5.89. The minimum absolute atomic E-state index is 0. The van der Waals surface area contributed by atoms with Gasteiger partial charge in [-0.3, -0.25) is 4.79 Å². The van der Waals surface area contributed by atoms with E-state index >= 15 is 0 Å². The molecule has 2 N–H and O–H groups in total. The van der Waals surface area contributed by atoms with Crippen molar-refractivity contribution in [2.24, 2.45) is 0 Å². The van der Waals surface area contributed by atoms with Crippen LogP contribution in [0.25, 0.3) is 0 Å². The number of amides is 1. The van der Waals surface area contributed by atoms with E-state index in [1.807, 2.05) is 0 Å². The highest BCUT2D eigenvalue weighted by atomic mass is 35.5. The summed E-state index contributed by atoms with van der Waals surface area (Å²) in [4.78, 5) is 11.8. The van der Waals surface area contributed by atoms with Gasteiger partial charge in [0.05, 0.1) is 6.42 Å². The van der Waals surface area contributed by atoms with Crippen molar-refractivity contribution < 1.29 is 9.18 Å². The van der Waals surface area contributed by atoms with Gasteiger partial charge in [0.15, 0.2) is 0 Å². The van der Waals surface area contributed by atoms with E-state index in [4.69, 9.17) is 11.6 Å². The number of piperidine rings is 1. The normalized spacial score (nSPS) is 15.7. The second kappa shape index (κ2) is 7.68. The van der Waals surface area contributed by atoms with Crippen LogP contribution in [0.3, 0.4) is 0 Å². The third kappa shape index (κ3) is 4.64. The monoisotopic (exact) mass is 306 g/mol. The average molecular weight is 307 g/mol. The van der Waals surface area contributed by atoms with Gasteiger partial charge >= 0.3 is 0 Å². The van der Waals surface area contributed by atoms with Crippen LogP contribution < -0.4 is 10.6 Å². The zero-order chi connectivity index (χ0) is 13.0. The molecule has 1 amide bonds. The molecule has 6 heteroatoms. The Kier molecular flexibility index (Phi) is 6.55. The van der Waals surface area contributed by atoms with Crippen LogP contribution in [0.1, 0.15) is 18.4 Å². The molecule has 3 nitrogen and oxygen atoms in total. The van der Waals surface area contributed by atoms with Crippen LogP contribution in [-0.4, -0.2) is 25.0 Å². The third-order valence-electron chi connectivity index (χ3n) is 3.10. The Morgan fingerprint density at radius 3 is 2.74 bits per heavy atom. The van der Waals surface area contributed by atoms with Crippen molar-refractivity contribution in [3.8, 4) is 0 Å². The molecule has 0 spiro atoms. The van der Waals surface area contributed by atoms with E-state index in [9.17, 15) is 9.18 Å². The second-order valence-corrected chi connectivity index (χ2v) is 4.88. The van der Waals surface area contributed by atoms with Crippen LogP contribution in [0.15, 0.2) is 18.2 Å². The zero-order valence-electron chi connectivity index (χ0n) is 10.4. The van der Waals surface area contributed by atoms with Gasteiger partial charge in [-0.2, -0.15) is 0 Å². The highest BCUT2D eigenvalue weighted by Crippen LogP contribution is 2.19. The number of carbonyl (C=O) groups excluding carboxylic acids is 1. The highest BCUT2D eigenvalue weighted by molar-refractivity contribution is 6.31. The fraction of sp³-hybridized carbons (Fsp3) is 0.462. The number of rotatable bonds is 3. The largest absolute Gasteiger partial charge is 0.353 e. The van der Waals surface area contributed by atoms with E-state index < -0.39 is 5.82 Å². The van der Waals surface area contributed by atoms with Crippen LogP contribution >= 0.6 is 24.0 Å². The summed E-state index contributed by atoms with van der Waals surface area (Å²) in [7, 11) is 0. The quantitative estimate of drug-likeness (QED) is 0.900. The van der Waals surface area contributed by atoms with Crippen molar-refractivity contribution >= 4 is 29.9 Å². The fourth-order valence-corrected chi connectivity index (χ4v) is 2.34. The number of nitrogens with one attached hydrogen (secondary N) is 2. The van der Waals surface area contributed by atoms with Crippen LogP contribution in [0.5, 0.6) is 0 Å². The Hall–Kier alpha value is -0.840. The predicted molar refractivity (Wildman–Crippen MR) is 76.4 cm³/mol. The average Bonchev–Trinajstić information content (AvgIpc) is 2.35. The Morgan fingerprint density at radius 1 is 1.42 bits per heavy atom. The van der Waals surface area contributed by atoms with Gasteiger partial charge < -0.3 is 10.6 Å². The van der Waals surface area contributed by atoms with Gasteiger partial charge in [0.25, 0.3) is 0 Å². The molecule has 2 rings (SSSR count). The first-order valence-corrected chi connectivity index (χ1v) is 6.47. The summed E-state index contributed by atoms with van der Waals surface area (Å²) in [6.45, 7) is 1.82. The van der Waals surface area contributed by atoms with Crippen LogP contribution in [0.2, 0.25) is 5.02 Å². The van der Waals surface area contributed by atoms with Gasteiger partial charge in [0.1, 0.15) is 5.82 Å². The molecule has 0 aromatic heterocycles. The molecule has 0 aliphatic carbocycles. The smallest absolute Gasteiger partial charge is 0.224 e. The molecule has 1 heterocycles.